The number of benzene rings is 3. The summed E-state index contributed by atoms with van der Waals surface area (Å²) >= 11 is 24.7. The van der Waals surface area contributed by atoms with Crippen LogP contribution in [0.25, 0.3) is 0 Å². The molecule has 9 nitrogen and oxygen atoms in total. The second kappa shape index (κ2) is 12.1. The zero-order chi connectivity index (χ0) is 28.3. The molecule has 0 bridgehead atoms. The van der Waals surface area contributed by atoms with E-state index in [1.54, 1.807) is 48.5 Å². The predicted molar refractivity (Wildman–Crippen MR) is 152 cm³/mol. The Labute approximate surface area is 243 Å². The van der Waals surface area contributed by atoms with Crippen molar-refractivity contribution in [1.29, 1.82) is 0 Å². The van der Waals surface area contributed by atoms with Crippen LogP contribution in [0, 0.1) is 0 Å². The number of aliphatic imine (C=N–C) groups is 1. The second-order valence-electron chi connectivity index (χ2n) is 8.11. The summed E-state index contributed by atoms with van der Waals surface area (Å²) in [6.45, 7) is 3.64. The van der Waals surface area contributed by atoms with Crippen LogP contribution in [0.4, 0.5) is 17.1 Å². The van der Waals surface area contributed by atoms with Crippen LogP contribution in [0.15, 0.2) is 63.8 Å². The fourth-order valence-electron chi connectivity index (χ4n) is 3.56. The van der Waals surface area contributed by atoms with Crippen LogP contribution in [-0.4, -0.2) is 36.1 Å². The van der Waals surface area contributed by atoms with Gasteiger partial charge in [0, 0.05) is 5.69 Å². The molecule has 1 aliphatic rings. The summed E-state index contributed by atoms with van der Waals surface area (Å²) in [4.78, 5) is 41.6. The molecule has 13 heteroatoms. The quantitative estimate of drug-likeness (QED) is 0.122. The van der Waals surface area contributed by atoms with E-state index >= 15 is 0 Å². The molecule has 1 unspecified atom stereocenters. The molecule has 0 aliphatic carbocycles. The van der Waals surface area contributed by atoms with Gasteiger partial charge < -0.3 is 15.4 Å². The molecule has 39 heavy (non-hydrogen) atoms. The van der Waals surface area contributed by atoms with Crippen LogP contribution in [-0.2, 0) is 9.59 Å². The number of amides is 2. The number of anilines is 1. The van der Waals surface area contributed by atoms with Crippen molar-refractivity contribution < 1.29 is 19.1 Å². The fourth-order valence-corrected chi connectivity index (χ4v) is 4.59. The molecular weight excluding hydrogens is 588 g/mol. The third-order valence-electron chi connectivity index (χ3n) is 5.41. The van der Waals surface area contributed by atoms with Gasteiger partial charge in [-0.25, -0.2) is 4.99 Å². The van der Waals surface area contributed by atoms with Crippen molar-refractivity contribution in [3.8, 4) is 5.75 Å². The van der Waals surface area contributed by atoms with Gasteiger partial charge in [-0.3, -0.25) is 14.4 Å². The maximum Gasteiger partial charge on any atom is 0.259 e. The molecule has 3 aromatic rings. The average Bonchev–Trinajstić information content (AvgIpc) is 3.23. The van der Waals surface area contributed by atoms with Gasteiger partial charge in [-0.15, -0.1) is 0 Å². The minimum absolute atomic E-state index is 0.00799. The first-order valence-corrected chi connectivity index (χ1v) is 12.9. The van der Waals surface area contributed by atoms with Crippen LogP contribution in [0.3, 0.4) is 0 Å². The van der Waals surface area contributed by atoms with Crippen molar-refractivity contribution in [2.75, 3.05) is 11.9 Å². The van der Waals surface area contributed by atoms with Crippen molar-refractivity contribution >= 4 is 86.9 Å². The first-order chi connectivity index (χ1) is 18.6. The Morgan fingerprint density at radius 1 is 0.897 bits per heavy atom. The highest BCUT2D eigenvalue weighted by molar-refractivity contribution is 6.55. The molecule has 1 atom stereocenters. The molecule has 0 saturated heterocycles. The number of azo groups is 1. The summed E-state index contributed by atoms with van der Waals surface area (Å²) in [6, 6.07) is 11.7. The fraction of sp³-hybridized carbons (Fsp3) is 0.154. The lowest BCUT2D eigenvalue weighted by molar-refractivity contribution is -0.126. The molecule has 0 fully saturated rings. The van der Waals surface area contributed by atoms with Gasteiger partial charge in [0.2, 0.25) is 6.04 Å². The lowest BCUT2D eigenvalue weighted by Gasteiger charge is -2.10. The monoisotopic (exact) mass is 605 g/mol. The third-order valence-corrected chi connectivity index (χ3v) is 7.21. The van der Waals surface area contributed by atoms with E-state index in [0.29, 0.717) is 29.4 Å². The molecule has 1 aliphatic heterocycles. The Morgan fingerprint density at radius 3 is 2.08 bits per heavy atom. The first kappa shape index (κ1) is 28.5. The van der Waals surface area contributed by atoms with Gasteiger partial charge in [0.15, 0.2) is 5.78 Å². The van der Waals surface area contributed by atoms with E-state index in [-0.39, 0.29) is 37.1 Å². The van der Waals surface area contributed by atoms with E-state index in [0.717, 1.165) is 0 Å². The standard InChI is InChI=1S/C26H19Cl4N5O4/c1-3-39-16-10-8-14(9-11-16)32-26(38)23(12(2)36)35-34-15-6-4-13(5-7-15)31-24-17-18(25(37)33-24)20(28)22(30)21(29)19(17)27/h4-11,23H,3H2,1-2H3,(H,32,38)(H,31,33,37)/b35-34+. The molecule has 2 amide bonds. The minimum atomic E-state index is -1.34. The number of hydrogen-bond donors (Lipinski definition) is 2. The molecule has 4 rings (SSSR count). The Hall–Kier alpha value is -3.50. The van der Waals surface area contributed by atoms with Gasteiger partial charge in [-0.1, -0.05) is 46.4 Å². The molecule has 0 saturated carbocycles. The Morgan fingerprint density at radius 2 is 1.49 bits per heavy atom. The second-order valence-corrected chi connectivity index (χ2v) is 9.62. The summed E-state index contributed by atoms with van der Waals surface area (Å²) < 4.78 is 5.38. The molecule has 1 heterocycles. The number of Topliss-reactive ketones (excluding diaryl/α,β-unsaturated/α-hetero) is 1. The highest BCUT2D eigenvalue weighted by Gasteiger charge is 2.34. The zero-order valence-corrected chi connectivity index (χ0v) is 23.4. The van der Waals surface area contributed by atoms with E-state index in [9.17, 15) is 14.4 Å². The lowest BCUT2D eigenvalue weighted by Crippen LogP contribution is -2.31. The Kier molecular flexibility index (Phi) is 8.87. The maximum absolute atomic E-state index is 12.7. The van der Waals surface area contributed by atoms with Gasteiger partial charge in [0.1, 0.15) is 11.6 Å². The lowest BCUT2D eigenvalue weighted by atomic mass is 10.1. The number of ether oxygens (including phenoxy) is 1. The van der Waals surface area contributed by atoms with Gasteiger partial charge in [0.25, 0.3) is 11.8 Å². The Bertz CT molecular complexity index is 1520. The summed E-state index contributed by atoms with van der Waals surface area (Å²) in [5.41, 5.74) is 1.61. The third kappa shape index (κ3) is 6.23. The molecule has 0 radical (unpaired) electrons. The predicted octanol–water partition coefficient (Wildman–Crippen LogP) is 7.20. The van der Waals surface area contributed by atoms with Gasteiger partial charge in [-0.2, -0.15) is 10.2 Å². The number of nitrogens with one attached hydrogen (secondary N) is 2. The number of carbonyl (C=O) groups excluding carboxylic acids is 3. The molecule has 0 aromatic heterocycles. The number of nitrogens with zero attached hydrogens (tertiary/aromatic N) is 3. The van der Waals surface area contributed by atoms with E-state index in [1.807, 2.05) is 6.92 Å². The number of carbonyl (C=O) groups is 3. The molecule has 3 aromatic carbocycles. The van der Waals surface area contributed by atoms with Gasteiger partial charge >= 0.3 is 0 Å². The Balaban J connectivity index is 1.50. The van der Waals surface area contributed by atoms with Crippen LogP contribution in [0.5, 0.6) is 5.75 Å². The number of halogens is 4. The van der Waals surface area contributed by atoms with Crippen molar-refractivity contribution in [3.05, 3.63) is 79.7 Å². The molecule has 2 N–H and O–H groups in total. The maximum atomic E-state index is 12.7. The number of hydrogen-bond acceptors (Lipinski definition) is 7. The van der Waals surface area contributed by atoms with E-state index in [1.165, 1.54) is 6.92 Å². The van der Waals surface area contributed by atoms with E-state index < -0.39 is 23.6 Å². The highest BCUT2D eigenvalue weighted by atomic mass is 35.5. The highest BCUT2D eigenvalue weighted by Crippen LogP contribution is 2.43. The normalized spacial score (nSPS) is 14.3. The van der Waals surface area contributed by atoms with Gasteiger partial charge in [0.05, 0.1) is 49.2 Å². The number of ketones is 1. The molecule has 0 spiro atoms. The van der Waals surface area contributed by atoms with Crippen LogP contribution >= 0.6 is 46.4 Å². The molecular formula is C26H19Cl4N5O4. The van der Waals surface area contributed by atoms with Gasteiger partial charge in [-0.05, 0) is 62.4 Å². The van der Waals surface area contributed by atoms with E-state index in [2.05, 4.69) is 25.9 Å². The SMILES string of the molecule is CCOc1ccc(NC(=O)C(/N=N/c2ccc(/N=C3\NC(=O)c4c(Cl)c(Cl)c(Cl)c(Cl)c43)cc2)C(C)=O)cc1. The first-order valence-electron chi connectivity index (χ1n) is 11.4. The van der Waals surface area contributed by atoms with Crippen molar-refractivity contribution in [2.24, 2.45) is 15.2 Å². The number of rotatable bonds is 8. The van der Waals surface area contributed by atoms with Crippen molar-refractivity contribution in [3.63, 3.8) is 0 Å². The minimum Gasteiger partial charge on any atom is -0.494 e. The topological polar surface area (TPSA) is 122 Å². The largest absolute Gasteiger partial charge is 0.494 e. The smallest absolute Gasteiger partial charge is 0.259 e. The number of fused-ring (bicyclic) bond motifs is 1. The number of amidine groups is 1. The summed E-state index contributed by atoms with van der Waals surface area (Å²) in [5.74, 6) is -0.805. The molecule has 200 valence electrons. The van der Waals surface area contributed by atoms with Crippen molar-refractivity contribution in [2.45, 2.75) is 19.9 Å². The summed E-state index contributed by atoms with van der Waals surface area (Å²) in [5, 5.41) is 13.2. The summed E-state index contributed by atoms with van der Waals surface area (Å²) in [7, 11) is 0. The van der Waals surface area contributed by atoms with Crippen LogP contribution < -0.4 is 15.4 Å². The van der Waals surface area contributed by atoms with Crippen LogP contribution in [0.2, 0.25) is 20.1 Å². The van der Waals surface area contributed by atoms with Crippen molar-refractivity contribution in [1.82, 2.24) is 5.32 Å². The summed E-state index contributed by atoms with van der Waals surface area (Å²) in [6.07, 6.45) is 0. The van der Waals surface area contributed by atoms with E-state index in [4.69, 9.17) is 51.1 Å². The van der Waals surface area contributed by atoms with Crippen LogP contribution in [0.1, 0.15) is 29.8 Å². The average molecular weight is 607 g/mol. The zero-order valence-electron chi connectivity index (χ0n) is 20.4.